The number of aromatic nitrogens is 3. The highest BCUT2D eigenvalue weighted by atomic mass is 32.2. The Balaban J connectivity index is 1.73. The van der Waals surface area contributed by atoms with Gasteiger partial charge in [0.2, 0.25) is 5.82 Å². The third-order valence-corrected chi connectivity index (χ3v) is 5.34. The molecule has 0 spiro atoms. The first-order chi connectivity index (χ1) is 12.3. The smallest absolute Gasteiger partial charge is 0.316 e. The summed E-state index contributed by atoms with van der Waals surface area (Å²) in [6.45, 7) is 2.56. The minimum Gasteiger partial charge on any atom is -0.465 e. The van der Waals surface area contributed by atoms with Crippen LogP contribution in [0.1, 0.15) is 57.9 Å². The van der Waals surface area contributed by atoms with Gasteiger partial charge in [-0.25, -0.2) is 0 Å². The summed E-state index contributed by atoms with van der Waals surface area (Å²) < 4.78 is 12.9. The molecule has 0 aromatic carbocycles. The molecule has 3 rings (SSSR count). The van der Waals surface area contributed by atoms with Gasteiger partial charge in [-0.15, -0.1) is 10.2 Å². The summed E-state index contributed by atoms with van der Waals surface area (Å²) in [7, 11) is 0. The Morgan fingerprint density at radius 3 is 2.92 bits per heavy atom. The van der Waals surface area contributed by atoms with E-state index in [0.29, 0.717) is 12.6 Å². The summed E-state index contributed by atoms with van der Waals surface area (Å²) in [5, 5.41) is 9.43. The average Bonchev–Trinajstić information content (AvgIpc) is 3.30. The van der Waals surface area contributed by atoms with Crippen LogP contribution >= 0.6 is 11.8 Å². The van der Waals surface area contributed by atoms with Crippen LogP contribution < -0.4 is 0 Å². The van der Waals surface area contributed by atoms with Crippen molar-refractivity contribution >= 4 is 17.7 Å². The topological polar surface area (TPSA) is 70.2 Å². The van der Waals surface area contributed by atoms with E-state index < -0.39 is 0 Å². The Labute approximate surface area is 152 Å². The minimum atomic E-state index is -0.198. The lowest BCUT2D eigenvalue weighted by molar-refractivity contribution is -0.140. The lowest BCUT2D eigenvalue weighted by Crippen LogP contribution is -2.16. The summed E-state index contributed by atoms with van der Waals surface area (Å²) in [5.41, 5.74) is 0. The van der Waals surface area contributed by atoms with Gasteiger partial charge in [0.1, 0.15) is 0 Å². The van der Waals surface area contributed by atoms with Gasteiger partial charge in [-0.05, 0) is 31.4 Å². The van der Waals surface area contributed by atoms with Crippen LogP contribution in [0.5, 0.6) is 0 Å². The van der Waals surface area contributed by atoms with Crippen molar-refractivity contribution in [3.8, 4) is 11.6 Å². The van der Waals surface area contributed by atoms with E-state index in [4.69, 9.17) is 9.15 Å². The number of esters is 1. The van der Waals surface area contributed by atoms with Crippen LogP contribution in [0.3, 0.4) is 0 Å². The van der Waals surface area contributed by atoms with Crippen LogP contribution in [-0.4, -0.2) is 33.1 Å². The van der Waals surface area contributed by atoms with Crippen molar-refractivity contribution in [1.29, 1.82) is 0 Å². The van der Waals surface area contributed by atoms with Gasteiger partial charge in [-0.1, -0.05) is 44.4 Å². The molecule has 7 heteroatoms. The fraction of sp³-hybridized carbons (Fsp3) is 0.611. The lowest BCUT2D eigenvalue weighted by Gasteiger charge is -2.25. The predicted octanol–water partition coefficient (Wildman–Crippen LogP) is 4.48. The van der Waals surface area contributed by atoms with Gasteiger partial charge in [0.15, 0.2) is 10.9 Å². The van der Waals surface area contributed by atoms with Crippen LogP contribution in [0, 0.1) is 0 Å². The van der Waals surface area contributed by atoms with Gasteiger partial charge in [0.25, 0.3) is 0 Å². The SMILES string of the molecule is CCCCOC(=O)CSc1nnc(-c2ccco2)n1C1CCCCC1. The Morgan fingerprint density at radius 1 is 1.36 bits per heavy atom. The maximum absolute atomic E-state index is 11.9. The first kappa shape index (κ1) is 18.0. The molecule has 1 aliphatic rings. The number of unbranched alkanes of at least 4 members (excludes halogenated alkanes) is 1. The van der Waals surface area contributed by atoms with Crippen LogP contribution in [-0.2, 0) is 9.53 Å². The number of thioether (sulfide) groups is 1. The molecule has 2 aromatic rings. The van der Waals surface area contributed by atoms with E-state index in [1.807, 2.05) is 12.1 Å². The summed E-state index contributed by atoms with van der Waals surface area (Å²) in [6, 6.07) is 4.12. The zero-order valence-electron chi connectivity index (χ0n) is 14.6. The number of rotatable bonds is 8. The van der Waals surface area contributed by atoms with E-state index in [1.165, 1.54) is 31.0 Å². The molecule has 1 saturated carbocycles. The largest absolute Gasteiger partial charge is 0.465 e. The number of ether oxygens (including phenoxy) is 1. The number of carbonyl (C=O) groups excluding carboxylic acids is 1. The second-order valence-corrected chi connectivity index (χ2v) is 7.25. The zero-order valence-corrected chi connectivity index (χ0v) is 15.5. The number of hydrogen-bond acceptors (Lipinski definition) is 6. The highest BCUT2D eigenvalue weighted by molar-refractivity contribution is 7.99. The monoisotopic (exact) mass is 363 g/mol. The van der Waals surface area contributed by atoms with Crippen molar-refractivity contribution < 1.29 is 13.9 Å². The molecule has 0 aliphatic heterocycles. The highest BCUT2D eigenvalue weighted by Gasteiger charge is 2.25. The van der Waals surface area contributed by atoms with Crippen molar-refractivity contribution in [1.82, 2.24) is 14.8 Å². The van der Waals surface area contributed by atoms with Crippen molar-refractivity contribution in [3.05, 3.63) is 18.4 Å². The number of hydrogen-bond donors (Lipinski definition) is 0. The quantitative estimate of drug-likeness (QED) is 0.391. The molecule has 6 nitrogen and oxygen atoms in total. The molecule has 25 heavy (non-hydrogen) atoms. The molecule has 0 N–H and O–H groups in total. The predicted molar refractivity (Wildman–Crippen MR) is 96.4 cm³/mol. The molecule has 2 aromatic heterocycles. The molecular weight excluding hydrogens is 338 g/mol. The molecule has 136 valence electrons. The number of furan rings is 1. The van der Waals surface area contributed by atoms with Gasteiger partial charge in [-0.3, -0.25) is 9.36 Å². The standard InChI is InChI=1S/C18H25N3O3S/c1-2-3-11-24-16(22)13-25-18-20-19-17(15-10-7-12-23-15)21(18)14-8-5-4-6-9-14/h7,10,12,14H,2-6,8-9,11,13H2,1H3. The van der Waals surface area contributed by atoms with Crippen LogP contribution in [0.2, 0.25) is 0 Å². The van der Waals surface area contributed by atoms with E-state index >= 15 is 0 Å². The van der Waals surface area contributed by atoms with E-state index in [9.17, 15) is 4.79 Å². The van der Waals surface area contributed by atoms with Gasteiger partial charge in [0.05, 0.1) is 18.6 Å². The number of nitrogens with zero attached hydrogens (tertiary/aromatic N) is 3. The third-order valence-electron chi connectivity index (χ3n) is 4.43. The second-order valence-electron chi connectivity index (χ2n) is 6.31. The second kappa shape index (κ2) is 9.08. The minimum absolute atomic E-state index is 0.198. The van der Waals surface area contributed by atoms with Crippen LogP contribution in [0.25, 0.3) is 11.6 Å². The van der Waals surface area contributed by atoms with Crippen LogP contribution in [0.4, 0.5) is 0 Å². The van der Waals surface area contributed by atoms with Crippen molar-refractivity contribution in [3.63, 3.8) is 0 Å². The normalized spacial score (nSPS) is 15.4. The molecule has 0 amide bonds. The number of carbonyl (C=O) groups is 1. The van der Waals surface area contributed by atoms with Gasteiger partial charge >= 0.3 is 5.97 Å². The lowest BCUT2D eigenvalue weighted by atomic mass is 9.95. The maximum atomic E-state index is 11.9. The molecule has 2 heterocycles. The summed E-state index contributed by atoms with van der Waals surface area (Å²) in [5.74, 6) is 1.53. The molecule has 0 radical (unpaired) electrons. The van der Waals surface area contributed by atoms with Gasteiger partial charge < -0.3 is 9.15 Å². The Morgan fingerprint density at radius 2 is 2.20 bits per heavy atom. The van der Waals surface area contributed by atoms with E-state index in [1.54, 1.807) is 6.26 Å². The van der Waals surface area contributed by atoms with Crippen molar-refractivity contribution in [2.75, 3.05) is 12.4 Å². The Bertz CT molecular complexity index is 663. The van der Waals surface area contributed by atoms with E-state index in [-0.39, 0.29) is 11.7 Å². The zero-order chi connectivity index (χ0) is 17.5. The molecule has 1 aliphatic carbocycles. The maximum Gasteiger partial charge on any atom is 0.316 e. The third kappa shape index (κ3) is 4.66. The first-order valence-electron chi connectivity index (χ1n) is 9.06. The molecule has 0 bridgehead atoms. The van der Waals surface area contributed by atoms with Gasteiger partial charge in [-0.2, -0.15) is 0 Å². The summed E-state index contributed by atoms with van der Waals surface area (Å²) in [6.07, 6.45) is 9.49. The molecule has 0 atom stereocenters. The average molecular weight is 363 g/mol. The van der Waals surface area contributed by atoms with Crippen molar-refractivity contribution in [2.24, 2.45) is 0 Å². The van der Waals surface area contributed by atoms with Crippen molar-refractivity contribution in [2.45, 2.75) is 63.1 Å². The Hall–Kier alpha value is -1.76. The molecular formula is C18H25N3O3S. The fourth-order valence-corrected chi connectivity index (χ4v) is 3.92. The summed E-state index contributed by atoms with van der Waals surface area (Å²) >= 11 is 1.40. The van der Waals surface area contributed by atoms with Gasteiger partial charge in [0, 0.05) is 6.04 Å². The fourth-order valence-electron chi connectivity index (χ4n) is 3.11. The summed E-state index contributed by atoms with van der Waals surface area (Å²) in [4.78, 5) is 11.9. The van der Waals surface area contributed by atoms with E-state index in [0.717, 1.165) is 42.4 Å². The van der Waals surface area contributed by atoms with E-state index in [2.05, 4.69) is 21.7 Å². The molecule has 1 fully saturated rings. The molecule has 0 unspecified atom stereocenters. The molecule has 0 saturated heterocycles. The Kier molecular flexibility index (Phi) is 6.55. The first-order valence-corrected chi connectivity index (χ1v) is 10.1. The van der Waals surface area contributed by atoms with Crippen LogP contribution in [0.15, 0.2) is 28.0 Å². The highest BCUT2D eigenvalue weighted by Crippen LogP contribution is 2.35.